The van der Waals surface area contributed by atoms with Crippen LogP contribution < -0.4 is 5.32 Å². The van der Waals surface area contributed by atoms with Crippen molar-refractivity contribution in [3.8, 4) is 0 Å². The molecule has 0 saturated carbocycles. The number of carbonyl (C=O) groups excluding carboxylic acids is 1. The van der Waals surface area contributed by atoms with Crippen LogP contribution in [0, 0.1) is 5.92 Å². The second-order valence-corrected chi connectivity index (χ2v) is 7.42. The molecule has 2 aliphatic heterocycles. The van der Waals surface area contributed by atoms with Gasteiger partial charge in [-0.15, -0.1) is 0 Å². The first-order chi connectivity index (χ1) is 9.92. The summed E-state index contributed by atoms with van der Waals surface area (Å²) in [5.74, 6) is 0.924. The summed E-state index contributed by atoms with van der Waals surface area (Å²) in [7, 11) is 0. The molecule has 21 heavy (non-hydrogen) atoms. The third-order valence-corrected chi connectivity index (χ3v) is 4.16. The van der Waals surface area contributed by atoms with E-state index in [2.05, 4.69) is 15.1 Å². The Hall–Kier alpha value is -0.650. The Kier molecular flexibility index (Phi) is 6.02. The van der Waals surface area contributed by atoms with Gasteiger partial charge in [-0.3, -0.25) is 9.69 Å². The fourth-order valence-electron chi connectivity index (χ4n) is 3.15. The lowest BCUT2D eigenvalue weighted by Crippen LogP contribution is -2.42. The molecular weight excluding hydrogens is 266 g/mol. The van der Waals surface area contributed by atoms with E-state index in [1.165, 1.54) is 13.0 Å². The Morgan fingerprint density at radius 1 is 1.19 bits per heavy atom. The van der Waals surface area contributed by atoms with Crippen molar-refractivity contribution in [2.24, 2.45) is 5.92 Å². The molecule has 2 saturated heterocycles. The highest BCUT2D eigenvalue weighted by Gasteiger charge is 2.25. The van der Waals surface area contributed by atoms with Crippen LogP contribution in [0.2, 0.25) is 0 Å². The Balaban J connectivity index is 1.62. The molecule has 0 aliphatic carbocycles. The van der Waals surface area contributed by atoms with Gasteiger partial charge in [-0.25, -0.2) is 0 Å². The molecule has 1 atom stereocenters. The second kappa shape index (κ2) is 7.56. The van der Waals surface area contributed by atoms with Gasteiger partial charge in [0.2, 0.25) is 5.91 Å². The Bertz CT molecular complexity index is 335. The lowest BCUT2D eigenvalue weighted by atomic mass is 10.1. The van der Waals surface area contributed by atoms with E-state index in [0.717, 1.165) is 51.9 Å². The van der Waals surface area contributed by atoms with Gasteiger partial charge in [-0.05, 0) is 39.7 Å². The zero-order chi connectivity index (χ0) is 15.3. The third-order valence-electron chi connectivity index (χ3n) is 4.16. The summed E-state index contributed by atoms with van der Waals surface area (Å²) in [4.78, 5) is 16.8. The molecule has 5 nitrogen and oxygen atoms in total. The van der Waals surface area contributed by atoms with Gasteiger partial charge in [0.05, 0.1) is 13.2 Å². The van der Waals surface area contributed by atoms with Crippen LogP contribution in [0.15, 0.2) is 0 Å². The van der Waals surface area contributed by atoms with Crippen molar-refractivity contribution in [2.45, 2.75) is 39.2 Å². The van der Waals surface area contributed by atoms with Crippen molar-refractivity contribution in [2.75, 3.05) is 52.5 Å². The average molecular weight is 297 g/mol. The minimum atomic E-state index is -0.124. The van der Waals surface area contributed by atoms with Crippen molar-refractivity contribution in [3.05, 3.63) is 0 Å². The van der Waals surface area contributed by atoms with E-state index in [0.29, 0.717) is 6.42 Å². The maximum Gasteiger partial charge on any atom is 0.221 e. The molecule has 2 fully saturated rings. The molecule has 2 rings (SSSR count). The molecule has 1 N–H and O–H groups in total. The second-order valence-electron chi connectivity index (χ2n) is 7.42. The first-order valence-electron chi connectivity index (χ1n) is 8.26. The fraction of sp³-hybridized carbons (Fsp3) is 0.938. The maximum atomic E-state index is 11.9. The molecule has 122 valence electrons. The highest BCUT2D eigenvalue weighted by Crippen LogP contribution is 2.18. The van der Waals surface area contributed by atoms with Crippen LogP contribution in [0.3, 0.4) is 0 Å². The molecule has 0 aromatic heterocycles. The topological polar surface area (TPSA) is 44.8 Å². The lowest BCUT2D eigenvalue weighted by Gasteiger charge is -2.29. The van der Waals surface area contributed by atoms with Gasteiger partial charge in [0.15, 0.2) is 0 Å². The molecule has 0 unspecified atom stereocenters. The molecule has 2 heterocycles. The van der Waals surface area contributed by atoms with Crippen LogP contribution in [0.1, 0.15) is 33.6 Å². The van der Waals surface area contributed by atoms with Crippen LogP contribution >= 0.6 is 0 Å². The first-order valence-corrected chi connectivity index (χ1v) is 8.26. The van der Waals surface area contributed by atoms with Crippen LogP contribution in [0.4, 0.5) is 0 Å². The Labute approximate surface area is 129 Å². The van der Waals surface area contributed by atoms with Gasteiger partial charge >= 0.3 is 0 Å². The normalized spacial score (nSPS) is 25.2. The standard InChI is InChI=1S/C16H31N3O2/c1-16(2,3)17-15(20)5-7-18-6-4-14(12-18)13-19-8-10-21-11-9-19/h14H,4-13H2,1-3H3,(H,17,20)/t14-/m0/s1. The monoisotopic (exact) mass is 297 g/mol. The van der Waals surface area contributed by atoms with Crippen LogP contribution in [-0.2, 0) is 9.53 Å². The predicted octanol–water partition coefficient (Wildman–Crippen LogP) is 0.945. The van der Waals surface area contributed by atoms with Crippen molar-refractivity contribution < 1.29 is 9.53 Å². The van der Waals surface area contributed by atoms with Gasteiger partial charge < -0.3 is 15.0 Å². The van der Waals surface area contributed by atoms with Crippen molar-refractivity contribution in [1.29, 1.82) is 0 Å². The number of amides is 1. The summed E-state index contributed by atoms with van der Waals surface area (Å²) in [5, 5.41) is 3.03. The SMILES string of the molecule is CC(C)(C)NC(=O)CCN1CC[C@H](CN2CCOCC2)C1. The van der Waals surface area contributed by atoms with E-state index in [-0.39, 0.29) is 11.4 Å². The number of morpholine rings is 1. The number of ether oxygens (including phenoxy) is 1. The molecule has 0 radical (unpaired) electrons. The average Bonchev–Trinajstić information content (AvgIpc) is 2.83. The van der Waals surface area contributed by atoms with E-state index < -0.39 is 0 Å². The summed E-state index contributed by atoms with van der Waals surface area (Å²) in [6.45, 7) is 14.3. The van der Waals surface area contributed by atoms with Crippen LogP contribution in [0.5, 0.6) is 0 Å². The summed E-state index contributed by atoms with van der Waals surface area (Å²) >= 11 is 0. The van der Waals surface area contributed by atoms with Gasteiger partial charge in [-0.2, -0.15) is 0 Å². The number of nitrogens with zero attached hydrogens (tertiary/aromatic N) is 2. The highest BCUT2D eigenvalue weighted by molar-refractivity contribution is 5.76. The van der Waals surface area contributed by atoms with E-state index in [1.54, 1.807) is 0 Å². The van der Waals surface area contributed by atoms with Crippen LogP contribution in [0.25, 0.3) is 0 Å². The van der Waals surface area contributed by atoms with Crippen molar-refractivity contribution in [1.82, 2.24) is 15.1 Å². The first kappa shape index (κ1) is 16.7. The van der Waals surface area contributed by atoms with Crippen molar-refractivity contribution in [3.63, 3.8) is 0 Å². The van der Waals surface area contributed by atoms with E-state index in [9.17, 15) is 4.79 Å². The molecule has 0 aromatic carbocycles. The smallest absolute Gasteiger partial charge is 0.221 e. The lowest BCUT2D eigenvalue weighted by molar-refractivity contribution is -0.122. The molecule has 5 heteroatoms. The number of likely N-dealkylation sites (tertiary alicyclic amines) is 1. The minimum Gasteiger partial charge on any atom is -0.379 e. The summed E-state index contributed by atoms with van der Waals surface area (Å²) in [5.41, 5.74) is -0.124. The fourth-order valence-corrected chi connectivity index (χ4v) is 3.15. The van der Waals surface area contributed by atoms with E-state index >= 15 is 0 Å². The molecule has 0 aromatic rings. The number of hydrogen-bond donors (Lipinski definition) is 1. The molecule has 2 aliphatic rings. The summed E-state index contributed by atoms with van der Waals surface area (Å²) in [6, 6.07) is 0. The van der Waals surface area contributed by atoms with E-state index in [4.69, 9.17) is 4.74 Å². The molecular formula is C16H31N3O2. The Morgan fingerprint density at radius 2 is 1.90 bits per heavy atom. The zero-order valence-electron chi connectivity index (χ0n) is 13.9. The van der Waals surface area contributed by atoms with Crippen molar-refractivity contribution >= 4 is 5.91 Å². The van der Waals surface area contributed by atoms with Gasteiger partial charge in [0.1, 0.15) is 0 Å². The van der Waals surface area contributed by atoms with Gasteiger partial charge in [0.25, 0.3) is 0 Å². The predicted molar refractivity (Wildman–Crippen MR) is 84.3 cm³/mol. The number of rotatable bonds is 5. The largest absolute Gasteiger partial charge is 0.379 e. The summed E-state index contributed by atoms with van der Waals surface area (Å²) in [6.07, 6.45) is 1.87. The van der Waals surface area contributed by atoms with Crippen LogP contribution in [-0.4, -0.2) is 73.7 Å². The minimum absolute atomic E-state index is 0.124. The van der Waals surface area contributed by atoms with Gasteiger partial charge in [-0.1, -0.05) is 0 Å². The highest BCUT2D eigenvalue weighted by atomic mass is 16.5. The molecule has 1 amide bonds. The van der Waals surface area contributed by atoms with E-state index in [1.807, 2.05) is 20.8 Å². The zero-order valence-corrected chi connectivity index (χ0v) is 13.9. The molecule has 0 bridgehead atoms. The number of carbonyl (C=O) groups is 1. The Morgan fingerprint density at radius 3 is 2.57 bits per heavy atom. The summed E-state index contributed by atoms with van der Waals surface area (Å²) < 4.78 is 5.39. The third kappa shape index (κ3) is 6.32. The number of nitrogens with one attached hydrogen (secondary N) is 1. The molecule has 0 spiro atoms. The maximum absolute atomic E-state index is 11.9. The quantitative estimate of drug-likeness (QED) is 0.820. The van der Waals surface area contributed by atoms with Gasteiger partial charge in [0, 0.05) is 44.7 Å². The number of hydrogen-bond acceptors (Lipinski definition) is 4.